The van der Waals surface area contributed by atoms with Crippen molar-refractivity contribution in [2.24, 2.45) is 0 Å². The molecule has 0 saturated carbocycles. The Hall–Kier alpha value is -2.25. The van der Waals surface area contributed by atoms with Gasteiger partial charge in [0, 0.05) is 12.7 Å². The second-order valence-corrected chi connectivity index (χ2v) is 5.50. The smallest absolute Gasteiger partial charge is 0.322 e. The highest BCUT2D eigenvalue weighted by atomic mass is 35.5. The van der Waals surface area contributed by atoms with E-state index in [0.717, 1.165) is 0 Å². The second-order valence-electron chi connectivity index (χ2n) is 5.10. The number of hydrogen-bond donors (Lipinski definition) is 2. The van der Waals surface area contributed by atoms with Crippen molar-refractivity contribution in [2.45, 2.75) is 6.10 Å². The predicted molar refractivity (Wildman–Crippen MR) is 85.9 cm³/mol. The molecule has 3 rings (SSSR count). The molecule has 0 radical (unpaired) electrons. The fourth-order valence-electron chi connectivity index (χ4n) is 2.27. The number of benzene rings is 1. The number of nitrogens with one attached hydrogen (secondary N) is 2. The summed E-state index contributed by atoms with van der Waals surface area (Å²) in [6, 6.07) is 7.08. The summed E-state index contributed by atoms with van der Waals surface area (Å²) in [5.41, 5.74) is 0.630. The number of rotatable bonds is 4. The molecule has 0 aliphatic carbocycles. The average Bonchev–Trinajstić information content (AvgIpc) is 3.07. The zero-order valence-electron chi connectivity index (χ0n) is 12.4. The van der Waals surface area contributed by atoms with Gasteiger partial charge in [0.15, 0.2) is 0 Å². The van der Waals surface area contributed by atoms with E-state index in [0.29, 0.717) is 42.8 Å². The molecule has 7 nitrogen and oxygen atoms in total. The first kappa shape index (κ1) is 15.6. The monoisotopic (exact) mass is 336 g/mol. The lowest BCUT2D eigenvalue weighted by Crippen LogP contribution is -2.49. The van der Waals surface area contributed by atoms with Crippen LogP contribution < -0.4 is 10.1 Å². The first-order valence-electron chi connectivity index (χ1n) is 7.26. The summed E-state index contributed by atoms with van der Waals surface area (Å²) < 4.78 is 11.3. The molecule has 1 aliphatic heterocycles. The summed E-state index contributed by atoms with van der Waals surface area (Å²) in [5, 5.41) is 9.77. The van der Waals surface area contributed by atoms with Gasteiger partial charge in [0.1, 0.15) is 18.5 Å². The average molecular weight is 337 g/mol. The fourth-order valence-corrected chi connectivity index (χ4v) is 2.46. The van der Waals surface area contributed by atoms with E-state index in [4.69, 9.17) is 21.1 Å². The van der Waals surface area contributed by atoms with Gasteiger partial charge in [-0.1, -0.05) is 23.7 Å². The SMILES string of the molecule is O=C(Nc1cn[nH]c1)N1CCOC(COc2ccccc2Cl)C1. The minimum absolute atomic E-state index is 0.183. The number of carbonyl (C=O) groups is 1. The molecule has 1 unspecified atom stereocenters. The molecule has 23 heavy (non-hydrogen) atoms. The van der Waals surface area contributed by atoms with Crippen LogP contribution in [-0.2, 0) is 4.74 Å². The van der Waals surface area contributed by atoms with Crippen molar-refractivity contribution in [1.29, 1.82) is 0 Å². The van der Waals surface area contributed by atoms with Crippen LogP contribution in [0, 0.1) is 0 Å². The molecular formula is C15H17ClN4O3. The zero-order chi connectivity index (χ0) is 16.1. The van der Waals surface area contributed by atoms with Crippen molar-refractivity contribution in [3.63, 3.8) is 0 Å². The van der Waals surface area contributed by atoms with Crippen molar-refractivity contribution in [3.05, 3.63) is 41.7 Å². The number of morpholine rings is 1. The van der Waals surface area contributed by atoms with Crippen LogP contribution in [0.2, 0.25) is 5.02 Å². The van der Waals surface area contributed by atoms with Gasteiger partial charge in [-0.25, -0.2) is 4.79 Å². The number of carbonyl (C=O) groups excluding carboxylic acids is 1. The Bertz CT molecular complexity index is 650. The molecule has 2 aromatic rings. The van der Waals surface area contributed by atoms with Crippen molar-refractivity contribution < 1.29 is 14.3 Å². The van der Waals surface area contributed by atoms with E-state index in [-0.39, 0.29) is 12.1 Å². The lowest BCUT2D eigenvalue weighted by molar-refractivity contribution is -0.0336. The predicted octanol–water partition coefficient (Wildman–Crippen LogP) is 2.37. The molecule has 2 heterocycles. The van der Waals surface area contributed by atoms with Crippen molar-refractivity contribution in [1.82, 2.24) is 15.1 Å². The van der Waals surface area contributed by atoms with E-state index in [1.54, 1.807) is 29.4 Å². The Morgan fingerprint density at radius 3 is 3.17 bits per heavy atom. The van der Waals surface area contributed by atoms with Crippen LogP contribution in [0.3, 0.4) is 0 Å². The van der Waals surface area contributed by atoms with Gasteiger partial charge in [-0.2, -0.15) is 5.10 Å². The van der Waals surface area contributed by atoms with E-state index >= 15 is 0 Å². The van der Waals surface area contributed by atoms with Gasteiger partial charge in [-0.3, -0.25) is 5.10 Å². The number of hydrogen-bond acceptors (Lipinski definition) is 4. The molecule has 1 aliphatic rings. The highest BCUT2D eigenvalue weighted by Crippen LogP contribution is 2.23. The van der Waals surface area contributed by atoms with Crippen molar-refractivity contribution in [3.8, 4) is 5.75 Å². The zero-order valence-corrected chi connectivity index (χ0v) is 13.1. The summed E-state index contributed by atoms with van der Waals surface area (Å²) in [5.74, 6) is 0.609. The summed E-state index contributed by atoms with van der Waals surface area (Å²) >= 11 is 6.05. The van der Waals surface area contributed by atoms with Gasteiger partial charge in [-0.15, -0.1) is 0 Å². The van der Waals surface area contributed by atoms with E-state index in [1.807, 2.05) is 12.1 Å². The Kier molecular flexibility index (Phi) is 4.99. The van der Waals surface area contributed by atoms with E-state index in [1.165, 1.54) is 0 Å². The van der Waals surface area contributed by atoms with Gasteiger partial charge in [-0.05, 0) is 12.1 Å². The Balaban J connectivity index is 1.52. The molecule has 1 saturated heterocycles. The molecule has 2 N–H and O–H groups in total. The van der Waals surface area contributed by atoms with Crippen LogP contribution in [0.4, 0.5) is 10.5 Å². The van der Waals surface area contributed by atoms with Crippen LogP contribution >= 0.6 is 11.6 Å². The minimum Gasteiger partial charge on any atom is -0.489 e. The number of urea groups is 1. The number of anilines is 1. The fraction of sp³-hybridized carbons (Fsp3) is 0.333. The van der Waals surface area contributed by atoms with Gasteiger partial charge >= 0.3 is 6.03 Å². The number of H-pyrrole nitrogens is 1. The number of ether oxygens (including phenoxy) is 2. The summed E-state index contributed by atoms with van der Waals surface area (Å²) in [6.45, 7) is 1.79. The normalized spacial score (nSPS) is 17.8. The second kappa shape index (κ2) is 7.34. The molecular weight excluding hydrogens is 320 g/mol. The van der Waals surface area contributed by atoms with E-state index in [2.05, 4.69) is 15.5 Å². The number of halogens is 1. The number of aromatic nitrogens is 2. The van der Waals surface area contributed by atoms with Gasteiger partial charge < -0.3 is 19.7 Å². The molecule has 8 heteroatoms. The molecule has 122 valence electrons. The number of amides is 2. The largest absolute Gasteiger partial charge is 0.489 e. The Labute approximate surface area is 138 Å². The topological polar surface area (TPSA) is 79.5 Å². The standard InChI is InChI=1S/C15H17ClN4O3/c16-13-3-1-2-4-14(13)23-10-12-9-20(5-6-22-12)15(21)19-11-7-17-18-8-11/h1-4,7-8,12H,5-6,9-10H2,(H,17,18)(H,19,21). The highest BCUT2D eigenvalue weighted by Gasteiger charge is 2.25. The first-order chi connectivity index (χ1) is 11.2. The maximum Gasteiger partial charge on any atom is 0.322 e. The summed E-state index contributed by atoms with van der Waals surface area (Å²) in [4.78, 5) is 13.9. The third-order valence-electron chi connectivity index (χ3n) is 3.44. The van der Waals surface area contributed by atoms with Crippen LogP contribution in [0.5, 0.6) is 5.75 Å². The number of para-hydroxylation sites is 1. The van der Waals surface area contributed by atoms with E-state index < -0.39 is 0 Å². The third-order valence-corrected chi connectivity index (χ3v) is 3.75. The third kappa shape index (κ3) is 4.14. The molecule has 1 atom stereocenters. The van der Waals surface area contributed by atoms with Crippen molar-refractivity contribution in [2.75, 3.05) is 31.6 Å². The van der Waals surface area contributed by atoms with Gasteiger partial charge in [0.05, 0.1) is 30.1 Å². The minimum atomic E-state index is -0.199. The molecule has 1 aromatic carbocycles. The Morgan fingerprint density at radius 2 is 2.39 bits per heavy atom. The van der Waals surface area contributed by atoms with Crippen molar-refractivity contribution >= 4 is 23.3 Å². The number of aromatic amines is 1. The molecule has 0 bridgehead atoms. The molecule has 1 fully saturated rings. The summed E-state index contributed by atoms with van der Waals surface area (Å²) in [6.07, 6.45) is 2.97. The molecule has 0 spiro atoms. The van der Waals surface area contributed by atoms with Crippen LogP contribution in [-0.4, -0.2) is 53.5 Å². The van der Waals surface area contributed by atoms with Crippen LogP contribution in [0.15, 0.2) is 36.7 Å². The Morgan fingerprint density at radius 1 is 1.52 bits per heavy atom. The first-order valence-corrected chi connectivity index (χ1v) is 7.64. The summed E-state index contributed by atoms with van der Waals surface area (Å²) in [7, 11) is 0. The van der Waals surface area contributed by atoms with Gasteiger partial charge in [0.25, 0.3) is 0 Å². The van der Waals surface area contributed by atoms with Crippen LogP contribution in [0.1, 0.15) is 0 Å². The molecule has 2 amide bonds. The highest BCUT2D eigenvalue weighted by molar-refractivity contribution is 6.32. The number of nitrogens with zero attached hydrogens (tertiary/aromatic N) is 2. The maximum atomic E-state index is 12.2. The quantitative estimate of drug-likeness (QED) is 0.898. The lowest BCUT2D eigenvalue weighted by atomic mass is 10.3. The van der Waals surface area contributed by atoms with E-state index in [9.17, 15) is 4.79 Å². The molecule has 1 aromatic heterocycles. The van der Waals surface area contributed by atoms with Gasteiger partial charge in [0.2, 0.25) is 0 Å². The van der Waals surface area contributed by atoms with Crippen LogP contribution in [0.25, 0.3) is 0 Å². The maximum absolute atomic E-state index is 12.2. The lowest BCUT2D eigenvalue weighted by Gasteiger charge is -2.32.